The van der Waals surface area contributed by atoms with E-state index in [0.29, 0.717) is 11.8 Å². The molecule has 0 fully saturated rings. The first-order valence-corrected chi connectivity index (χ1v) is 6.34. The van der Waals surface area contributed by atoms with Crippen molar-refractivity contribution < 1.29 is 0 Å². The quantitative estimate of drug-likeness (QED) is 0.832. The van der Waals surface area contributed by atoms with Crippen molar-refractivity contribution in [3.63, 3.8) is 0 Å². The van der Waals surface area contributed by atoms with Crippen LogP contribution in [0.3, 0.4) is 0 Å². The minimum absolute atomic E-state index is 0.162. The van der Waals surface area contributed by atoms with E-state index in [4.69, 9.17) is 11.6 Å². The van der Waals surface area contributed by atoms with Crippen LogP contribution in [0.2, 0.25) is 5.15 Å². The van der Waals surface area contributed by atoms with Gasteiger partial charge in [-0.1, -0.05) is 24.9 Å². The van der Waals surface area contributed by atoms with Crippen molar-refractivity contribution in [2.75, 3.05) is 12.0 Å². The highest BCUT2D eigenvalue weighted by Gasteiger charge is 2.15. The van der Waals surface area contributed by atoms with Crippen LogP contribution in [-0.2, 0) is 0 Å². The first-order chi connectivity index (χ1) is 8.79. The maximum atomic E-state index is 5.85. The van der Waals surface area contributed by atoms with E-state index in [0.717, 1.165) is 18.7 Å². The van der Waals surface area contributed by atoms with Gasteiger partial charge in [-0.25, -0.2) is 9.97 Å². The maximum Gasteiger partial charge on any atom is 0.134 e. The molecule has 96 valence electrons. The molecule has 1 aliphatic heterocycles. The van der Waals surface area contributed by atoms with Gasteiger partial charge in [-0.15, -0.1) is 0 Å². The number of hydrogen-bond donors (Lipinski definition) is 1. The van der Waals surface area contributed by atoms with E-state index < -0.39 is 0 Å². The highest BCUT2D eigenvalue weighted by Crippen LogP contribution is 2.15. The van der Waals surface area contributed by atoms with E-state index in [2.05, 4.69) is 32.1 Å². The second kappa shape index (κ2) is 6.35. The van der Waals surface area contributed by atoms with Gasteiger partial charge in [0.25, 0.3) is 0 Å². The number of allylic oxidation sites excluding steroid dienone is 1. The molecule has 1 aromatic heterocycles. The predicted molar refractivity (Wildman–Crippen MR) is 73.7 cm³/mol. The fourth-order valence-corrected chi connectivity index (χ4v) is 1.93. The van der Waals surface area contributed by atoms with Crippen LogP contribution in [0, 0.1) is 0 Å². The lowest BCUT2D eigenvalue weighted by atomic mass is 10.2. The van der Waals surface area contributed by atoms with Crippen LogP contribution in [0.15, 0.2) is 29.7 Å². The van der Waals surface area contributed by atoms with Crippen molar-refractivity contribution in [3.05, 3.63) is 29.8 Å². The summed E-state index contributed by atoms with van der Waals surface area (Å²) in [5, 5.41) is 3.80. The Morgan fingerprint density at radius 1 is 1.50 bits per heavy atom. The molecule has 18 heavy (non-hydrogen) atoms. The topological polar surface area (TPSA) is 53.4 Å². The predicted octanol–water partition coefficient (Wildman–Crippen LogP) is 2.53. The van der Waals surface area contributed by atoms with Crippen molar-refractivity contribution in [1.82, 2.24) is 14.9 Å². The first-order valence-electron chi connectivity index (χ1n) is 5.96. The molecule has 6 heteroatoms. The fraction of sp³-hybridized carbons (Fsp3) is 0.417. The van der Waals surface area contributed by atoms with Gasteiger partial charge in [0.2, 0.25) is 0 Å². The highest BCUT2D eigenvalue weighted by atomic mass is 35.5. The summed E-state index contributed by atoms with van der Waals surface area (Å²) < 4.78 is 0. The van der Waals surface area contributed by atoms with Crippen LogP contribution in [0.1, 0.15) is 19.8 Å². The molecule has 0 saturated carbocycles. The molecule has 1 atom stereocenters. The van der Waals surface area contributed by atoms with Gasteiger partial charge in [0, 0.05) is 18.5 Å². The molecule has 2 heterocycles. The van der Waals surface area contributed by atoms with Crippen LogP contribution >= 0.6 is 11.6 Å². The average molecular weight is 266 g/mol. The van der Waals surface area contributed by atoms with Crippen molar-refractivity contribution in [3.8, 4) is 0 Å². The monoisotopic (exact) mass is 265 g/mol. The zero-order valence-electron chi connectivity index (χ0n) is 10.3. The summed E-state index contributed by atoms with van der Waals surface area (Å²) in [7, 11) is 0. The summed E-state index contributed by atoms with van der Waals surface area (Å²) >= 11 is 5.85. The standard InChI is InChI=1S/C12H16ClN5/c1-2-4-12(18-6-3-5-14-9-18)17-11-7-10(13)15-8-16-11/h3,5-8,12H,2,4,9H2,1H3,(H,15,16,17). The Bertz CT molecular complexity index is 446. The molecule has 0 aliphatic carbocycles. The minimum atomic E-state index is 0.162. The van der Waals surface area contributed by atoms with Crippen LogP contribution in [0.25, 0.3) is 0 Å². The Kier molecular flexibility index (Phi) is 4.52. The van der Waals surface area contributed by atoms with Gasteiger partial charge < -0.3 is 10.2 Å². The van der Waals surface area contributed by atoms with E-state index in [1.165, 1.54) is 6.33 Å². The Hall–Kier alpha value is -1.62. The van der Waals surface area contributed by atoms with E-state index in [-0.39, 0.29) is 6.17 Å². The second-order valence-corrected chi connectivity index (χ2v) is 4.39. The van der Waals surface area contributed by atoms with Crippen molar-refractivity contribution >= 4 is 23.6 Å². The molecule has 1 unspecified atom stereocenters. The maximum absolute atomic E-state index is 5.85. The van der Waals surface area contributed by atoms with Crippen LogP contribution in [0.5, 0.6) is 0 Å². The zero-order chi connectivity index (χ0) is 12.8. The minimum Gasteiger partial charge on any atom is -0.350 e. The molecule has 1 N–H and O–H groups in total. The number of hydrogen-bond acceptors (Lipinski definition) is 5. The Morgan fingerprint density at radius 3 is 3.06 bits per heavy atom. The van der Waals surface area contributed by atoms with E-state index in [1.807, 2.05) is 12.3 Å². The van der Waals surface area contributed by atoms with Gasteiger partial charge in [-0.2, -0.15) is 0 Å². The summed E-state index contributed by atoms with van der Waals surface area (Å²) in [5.74, 6) is 0.733. The lowest BCUT2D eigenvalue weighted by molar-refractivity contribution is 0.292. The Morgan fingerprint density at radius 2 is 2.39 bits per heavy atom. The summed E-state index contributed by atoms with van der Waals surface area (Å²) in [6.45, 7) is 2.81. The highest BCUT2D eigenvalue weighted by molar-refractivity contribution is 6.29. The van der Waals surface area contributed by atoms with Gasteiger partial charge in [0.1, 0.15) is 30.1 Å². The lowest BCUT2D eigenvalue weighted by Gasteiger charge is -2.31. The zero-order valence-corrected chi connectivity index (χ0v) is 11.0. The van der Waals surface area contributed by atoms with E-state index >= 15 is 0 Å². The molecular formula is C12H16ClN5. The van der Waals surface area contributed by atoms with E-state index in [1.54, 1.807) is 12.3 Å². The molecule has 0 bridgehead atoms. The molecule has 0 radical (unpaired) electrons. The van der Waals surface area contributed by atoms with Gasteiger partial charge in [0.15, 0.2) is 0 Å². The average Bonchev–Trinajstić information content (AvgIpc) is 2.39. The summed E-state index contributed by atoms with van der Waals surface area (Å²) in [4.78, 5) is 14.4. The normalized spacial score (nSPS) is 15.8. The molecule has 1 aromatic rings. The molecule has 0 amide bonds. The van der Waals surface area contributed by atoms with Gasteiger partial charge in [-0.05, 0) is 12.5 Å². The number of halogens is 1. The number of aromatic nitrogens is 2. The van der Waals surface area contributed by atoms with Gasteiger partial charge in [-0.3, -0.25) is 4.99 Å². The summed E-state index contributed by atoms with van der Waals surface area (Å²) in [6.07, 6.45) is 9.46. The first kappa shape index (κ1) is 12.8. The van der Waals surface area contributed by atoms with Crippen molar-refractivity contribution in [2.45, 2.75) is 25.9 Å². The molecule has 0 spiro atoms. The smallest absolute Gasteiger partial charge is 0.134 e. The SMILES string of the molecule is CCCC(Nc1cc(Cl)ncn1)N1C=CC=NC1. The molecule has 0 saturated heterocycles. The molecule has 2 rings (SSSR count). The number of nitrogens with one attached hydrogen (secondary N) is 1. The van der Waals surface area contributed by atoms with Gasteiger partial charge in [0.05, 0.1) is 0 Å². The third-order valence-electron chi connectivity index (χ3n) is 2.62. The number of rotatable bonds is 5. The van der Waals surface area contributed by atoms with E-state index in [9.17, 15) is 0 Å². The molecule has 1 aliphatic rings. The Labute approximate surface area is 112 Å². The van der Waals surface area contributed by atoms with Crippen molar-refractivity contribution in [1.29, 1.82) is 0 Å². The van der Waals surface area contributed by atoms with Crippen molar-refractivity contribution in [2.24, 2.45) is 4.99 Å². The van der Waals surface area contributed by atoms with Gasteiger partial charge >= 0.3 is 0 Å². The molecule has 0 aromatic carbocycles. The number of aliphatic imine (C=N–C) groups is 1. The summed E-state index contributed by atoms with van der Waals surface area (Å²) in [5.41, 5.74) is 0. The third-order valence-corrected chi connectivity index (χ3v) is 2.83. The largest absolute Gasteiger partial charge is 0.350 e. The molecular weight excluding hydrogens is 250 g/mol. The third kappa shape index (κ3) is 3.43. The van der Waals surface area contributed by atoms with Crippen LogP contribution in [0.4, 0.5) is 5.82 Å². The number of nitrogens with zero attached hydrogens (tertiary/aromatic N) is 4. The second-order valence-electron chi connectivity index (χ2n) is 4.00. The van der Waals surface area contributed by atoms with Crippen LogP contribution in [-0.4, -0.2) is 33.9 Å². The van der Waals surface area contributed by atoms with Crippen LogP contribution < -0.4 is 5.32 Å². The lowest BCUT2D eigenvalue weighted by Crippen LogP contribution is -2.38. The number of anilines is 1. The summed E-state index contributed by atoms with van der Waals surface area (Å²) in [6, 6.07) is 1.72. The fourth-order valence-electron chi connectivity index (χ4n) is 1.78. The molecule has 5 nitrogen and oxygen atoms in total. The Balaban J connectivity index is 2.06.